The lowest BCUT2D eigenvalue weighted by molar-refractivity contribution is 0.233. The Hall–Kier alpha value is -2.80. The van der Waals surface area contributed by atoms with E-state index in [0.717, 1.165) is 53.4 Å². The Kier molecular flexibility index (Phi) is 5.45. The minimum atomic E-state index is -0.376. The summed E-state index contributed by atoms with van der Waals surface area (Å²) in [5.74, 6) is 0.466. The number of thiophene rings is 1. The molecule has 0 atom stereocenters. The lowest BCUT2D eigenvalue weighted by Gasteiger charge is -2.27. The Balaban J connectivity index is 1.39. The van der Waals surface area contributed by atoms with E-state index in [1.807, 2.05) is 0 Å². The minimum Gasteiger partial charge on any atom is -0.453 e. The molecule has 0 aliphatic carbocycles. The van der Waals surface area contributed by atoms with E-state index < -0.39 is 0 Å². The number of benzene rings is 2. The van der Waals surface area contributed by atoms with Crippen LogP contribution in [0.4, 0.5) is 4.39 Å². The van der Waals surface area contributed by atoms with Gasteiger partial charge in [-0.05, 0) is 29.3 Å². The molecule has 4 nitrogen and oxygen atoms in total. The fourth-order valence-corrected chi connectivity index (χ4v) is 4.76. The Morgan fingerprint density at radius 3 is 2.60 bits per heavy atom. The molecule has 30 heavy (non-hydrogen) atoms. The second kappa shape index (κ2) is 8.52. The van der Waals surface area contributed by atoms with Crippen LogP contribution in [0.3, 0.4) is 0 Å². The topological polar surface area (TPSA) is 37.4 Å². The van der Waals surface area contributed by atoms with Crippen LogP contribution < -0.4 is 10.1 Å². The highest BCUT2D eigenvalue weighted by Gasteiger charge is 2.13. The van der Waals surface area contributed by atoms with E-state index >= 15 is 0 Å². The summed E-state index contributed by atoms with van der Waals surface area (Å²) in [4.78, 5) is 8.07. The lowest BCUT2D eigenvalue weighted by Crippen LogP contribution is -2.42. The van der Waals surface area contributed by atoms with Crippen LogP contribution in [0.15, 0.2) is 66.9 Å². The summed E-state index contributed by atoms with van der Waals surface area (Å²) in [6.07, 6.45) is 1.70. The van der Waals surface area contributed by atoms with Crippen LogP contribution in [-0.4, -0.2) is 36.1 Å². The molecule has 0 bridgehead atoms. The zero-order chi connectivity index (χ0) is 20.3. The number of hydrogen-bond acceptors (Lipinski definition) is 5. The molecule has 1 aliphatic heterocycles. The zero-order valence-corrected chi connectivity index (χ0v) is 17.3. The van der Waals surface area contributed by atoms with Crippen molar-refractivity contribution < 1.29 is 9.13 Å². The molecule has 1 N–H and O–H groups in total. The molecule has 4 aromatic rings. The van der Waals surface area contributed by atoms with Crippen LogP contribution >= 0.6 is 11.3 Å². The lowest BCUT2D eigenvalue weighted by atomic mass is 10.1. The van der Waals surface area contributed by atoms with E-state index in [1.54, 1.807) is 41.8 Å². The van der Waals surface area contributed by atoms with E-state index in [2.05, 4.69) is 45.5 Å². The van der Waals surface area contributed by atoms with Crippen LogP contribution in [-0.2, 0) is 6.54 Å². The fraction of sp³-hybridized carbons (Fsp3) is 0.208. The van der Waals surface area contributed by atoms with Crippen LogP contribution in [0.25, 0.3) is 20.7 Å². The van der Waals surface area contributed by atoms with Gasteiger partial charge in [0.1, 0.15) is 5.75 Å². The smallest absolute Gasteiger partial charge is 0.165 e. The molecule has 0 unspecified atom stereocenters. The molecule has 0 spiro atoms. The minimum absolute atomic E-state index is 0.220. The van der Waals surface area contributed by atoms with Crippen molar-refractivity contribution in [1.82, 2.24) is 15.2 Å². The quantitative estimate of drug-likeness (QED) is 0.476. The van der Waals surface area contributed by atoms with Crippen LogP contribution in [0, 0.1) is 5.82 Å². The summed E-state index contributed by atoms with van der Waals surface area (Å²) in [6, 6.07) is 19.0. The number of nitrogens with zero attached hydrogens (tertiary/aromatic N) is 2. The normalized spacial score (nSPS) is 14.8. The highest BCUT2D eigenvalue weighted by atomic mass is 32.1. The van der Waals surface area contributed by atoms with Crippen molar-refractivity contribution in [2.75, 3.05) is 26.2 Å². The predicted molar refractivity (Wildman–Crippen MR) is 120 cm³/mol. The van der Waals surface area contributed by atoms with Gasteiger partial charge in [0, 0.05) is 49.9 Å². The molecule has 0 saturated carbocycles. The molecule has 2 aromatic carbocycles. The van der Waals surface area contributed by atoms with Crippen molar-refractivity contribution in [3.8, 4) is 21.9 Å². The maximum atomic E-state index is 14.0. The molecule has 2 aromatic heterocycles. The molecule has 3 heterocycles. The third-order valence-electron chi connectivity index (χ3n) is 5.29. The first-order chi connectivity index (χ1) is 14.8. The van der Waals surface area contributed by atoms with Gasteiger partial charge in [-0.2, -0.15) is 0 Å². The fourth-order valence-electron chi connectivity index (χ4n) is 3.69. The Morgan fingerprint density at radius 1 is 1.00 bits per heavy atom. The van der Waals surface area contributed by atoms with Crippen molar-refractivity contribution in [1.29, 1.82) is 0 Å². The summed E-state index contributed by atoms with van der Waals surface area (Å²) in [6.45, 7) is 5.29. The summed E-state index contributed by atoms with van der Waals surface area (Å²) in [5.41, 5.74) is 3.33. The second-order valence-corrected chi connectivity index (χ2v) is 8.44. The van der Waals surface area contributed by atoms with Gasteiger partial charge in [-0.25, -0.2) is 4.39 Å². The maximum Gasteiger partial charge on any atom is 0.165 e. The second-order valence-electron chi connectivity index (χ2n) is 7.39. The van der Waals surface area contributed by atoms with Gasteiger partial charge < -0.3 is 10.1 Å². The highest BCUT2D eigenvalue weighted by Crippen LogP contribution is 2.39. The summed E-state index contributed by atoms with van der Waals surface area (Å²) < 4.78 is 20.8. The Labute approximate surface area is 178 Å². The average Bonchev–Trinajstić information content (AvgIpc) is 3.22. The molecule has 1 aliphatic rings. The molecular formula is C24H22FN3OS. The molecule has 152 valence electrons. The van der Waals surface area contributed by atoms with E-state index in [1.165, 1.54) is 11.6 Å². The molecule has 1 saturated heterocycles. The van der Waals surface area contributed by atoms with Gasteiger partial charge in [-0.15, -0.1) is 11.3 Å². The van der Waals surface area contributed by atoms with Crippen molar-refractivity contribution in [2.24, 2.45) is 0 Å². The Morgan fingerprint density at radius 2 is 1.80 bits per heavy atom. The molecule has 6 heteroatoms. The van der Waals surface area contributed by atoms with Gasteiger partial charge in [-0.1, -0.05) is 36.4 Å². The number of fused-ring (bicyclic) bond motifs is 1. The number of pyridine rings is 1. The molecule has 1 fully saturated rings. The third-order valence-corrected chi connectivity index (χ3v) is 6.47. The highest BCUT2D eigenvalue weighted by molar-refractivity contribution is 7.22. The van der Waals surface area contributed by atoms with Crippen molar-refractivity contribution in [3.63, 3.8) is 0 Å². The molecule has 0 radical (unpaired) electrons. The van der Waals surface area contributed by atoms with E-state index in [4.69, 9.17) is 4.74 Å². The van der Waals surface area contributed by atoms with Gasteiger partial charge >= 0.3 is 0 Å². The first-order valence-corrected chi connectivity index (χ1v) is 10.9. The van der Waals surface area contributed by atoms with Gasteiger partial charge in [0.25, 0.3) is 0 Å². The first kappa shape index (κ1) is 19.2. The van der Waals surface area contributed by atoms with Crippen LogP contribution in [0.5, 0.6) is 11.5 Å². The number of rotatable bonds is 5. The van der Waals surface area contributed by atoms with Gasteiger partial charge in [0.05, 0.1) is 10.2 Å². The predicted octanol–water partition coefficient (Wildman–Crippen LogP) is 5.30. The third kappa shape index (κ3) is 4.07. The number of piperazine rings is 1. The zero-order valence-electron chi connectivity index (χ0n) is 16.5. The number of hydrogen-bond donors (Lipinski definition) is 1. The van der Waals surface area contributed by atoms with Gasteiger partial charge in [0.2, 0.25) is 0 Å². The number of nitrogens with one attached hydrogen (secondary N) is 1. The van der Waals surface area contributed by atoms with Crippen LogP contribution in [0.2, 0.25) is 0 Å². The average molecular weight is 420 g/mol. The maximum absolute atomic E-state index is 14.0. The van der Waals surface area contributed by atoms with Crippen molar-refractivity contribution in [2.45, 2.75) is 6.54 Å². The SMILES string of the molecule is Fc1ccccc1Oc1ccnc2cc(-c3ccc(CN4CCNCC4)cc3)sc12. The van der Waals surface area contributed by atoms with E-state index in [0.29, 0.717) is 5.75 Å². The standard InChI is InChI=1S/C24H22FN3OS/c25-19-3-1-2-4-21(19)29-22-9-10-27-20-15-23(30-24(20)22)18-7-5-17(6-8-18)16-28-13-11-26-12-14-28/h1-10,15,26H,11-14,16H2. The van der Waals surface area contributed by atoms with Crippen molar-refractivity contribution >= 4 is 21.6 Å². The first-order valence-electron chi connectivity index (χ1n) is 10.1. The van der Waals surface area contributed by atoms with E-state index in [9.17, 15) is 4.39 Å². The van der Waals surface area contributed by atoms with E-state index in [-0.39, 0.29) is 11.6 Å². The monoisotopic (exact) mass is 419 g/mol. The summed E-state index contributed by atoms with van der Waals surface area (Å²) in [7, 11) is 0. The largest absolute Gasteiger partial charge is 0.453 e. The van der Waals surface area contributed by atoms with Crippen molar-refractivity contribution in [3.05, 3.63) is 78.2 Å². The number of para-hydroxylation sites is 1. The molecule has 0 amide bonds. The Bertz CT molecular complexity index is 1150. The van der Waals surface area contributed by atoms with Gasteiger partial charge in [0.15, 0.2) is 11.6 Å². The summed E-state index contributed by atoms with van der Waals surface area (Å²) >= 11 is 1.61. The van der Waals surface area contributed by atoms with Crippen LogP contribution in [0.1, 0.15) is 5.56 Å². The van der Waals surface area contributed by atoms with Gasteiger partial charge in [-0.3, -0.25) is 9.88 Å². The number of halogens is 1. The number of aromatic nitrogens is 1. The number of ether oxygens (including phenoxy) is 1. The molecule has 5 rings (SSSR count). The molecular weight excluding hydrogens is 397 g/mol. The summed E-state index contributed by atoms with van der Waals surface area (Å²) in [5, 5.41) is 3.39.